The standard InChI is InChI=1S/C26H36N6O/c1-2-18-13-20(14-18)26(33)32-11-9-31(10-12-32)22-6-3-19(4-7-22)16-28-25-23-15-21(27)5-8-24(23)29-17-30-25/h2,5,8,15,17-20,22H,1,3-4,6-7,9-14,16,27H2,(H,28,29,30)/t18?,19-,20?,22-. The molecule has 2 heterocycles. The summed E-state index contributed by atoms with van der Waals surface area (Å²) in [5, 5.41) is 4.54. The molecule has 1 aromatic heterocycles. The summed E-state index contributed by atoms with van der Waals surface area (Å²) in [6.07, 6.45) is 10.5. The van der Waals surface area contributed by atoms with Crippen LogP contribution in [-0.4, -0.2) is 64.4 Å². The van der Waals surface area contributed by atoms with Gasteiger partial charge in [0.25, 0.3) is 0 Å². The van der Waals surface area contributed by atoms with E-state index in [4.69, 9.17) is 5.73 Å². The highest BCUT2D eigenvalue weighted by Gasteiger charge is 2.37. The number of hydrogen-bond donors (Lipinski definition) is 2. The van der Waals surface area contributed by atoms with Gasteiger partial charge in [-0.25, -0.2) is 9.97 Å². The number of hydrogen-bond acceptors (Lipinski definition) is 6. The predicted octanol–water partition coefficient (Wildman–Crippen LogP) is 3.54. The van der Waals surface area contributed by atoms with Crippen molar-refractivity contribution in [2.75, 3.05) is 43.8 Å². The highest BCUT2D eigenvalue weighted by atomic mass is 16.2. The number of nitrogens with zero attached hydrogens (tertiary/aromatic N) is 4. The van der Waals surface area contributed by atoms with Crippen molar-refractivity contribution in [3.05, 3.63) is 37.2 Å². The molecule has 1 aromatic carbocycles. The second kappa shape index (κ2) is 9.67. The van der Waals surface area contributed by atoms with Crippen molar-refractivity contribution in [1.82, 2.24) is 19.8 Å². The minimum atomic E-state index is 0.242. The maximum absolute atomic E-state index is 12.7. The van der Waals surface area contributed by atoms with Crippen molar-refractivity contribution < 1.29 is 4.79 Å². The first-order chi connectivity index (χ1) is 16.1. The fourth-order valence-corrected chi connectivity index (χ4v) is 5.79. The minimum Gasteiger partial charge on any atom is -0.399 e. The summed E-state index contributed by atoms with van der Waals surface area (Å²) in [7, 11) is 0. The van der Waals surface area contributed by atoms with E-state index in [2.05, 4.69) is 31.7 Å². The molecule has 0 bridgehead atoms. The number of nitrogens with one attached hydrogen (secondary N) is 1. The van der Waals surface area contributed by atoms with Crippen LogP contribution >= 0.6 is 0 Å². The normalized spacial score (nSPS) is 28.3. The molecule has 7 nitrogen and oxygen atoms in total. The van der Waals surface area contributed by atoms with Crippen LogP contribution in [-0.2, 0) is 4.79 Å². The van der Waals surface area contributed by atoms with Crippen LogP contribution < -0.4 is 11.1 Å². The average Bonchev–Trinajstić information content (AvgIpc) is 2.82. The summed E-state index contributed by atoms with van der Waals surface area (Å²) in [6.45, 7) is 8.60. The lowest BCUT2D eigenvalue weighted by molar-refractivity contribution is -0.141. The van der Waals surface area contributed by atoms with Crippen LogP contribution in [0.25, 0.3) is 10.9 Å². The Kier molecular flexibility index (Phi) is 6.49. The minimum absolute atomic E-state index is 0.242. The van der Waals surface area contributed by atoms with E-state index in [1.807, 2.05) is 24.3 Å². The first-order valence-electron chi connectivity index (χ1n) is 12.5. The SMILES string of the molecule is C=CC1CC(C(=O)N2CCN([C@H]3CC[C@H](CNc4ncnc5ccc(N)cc45)CC3)CC2)C1. The van der Waals surface area contributed by atoms with Crippen LogP contribution in [0.1, 0.15) is 38.5 Å². The maximum atomic E-state index is 12.7. The summed E-state index contributed by atoms with van der Waals surface area (Å²) < 4.78 is 0. The molecule has 0 unspecified atom stereocenters. The number of allylic oxidation sites excluding steroid dienone is 1. The number of rotatable bonds is 6. The van der Waals surface area contributed by atoms with Gasteiger partial charge < -0.3 is 16.0 Å². The van der Waals surface area contributed by atoms with E-state index in [1.54, 1.807) is 6.33 Å². The predicted molar refractivity (Wildman–Crippen MR) is 133 cm³/mol. The van der Waals surface area contributed by atoms with Gasteiger partial charge in [-0.1, -0.05) is 6.08 Å². The Bertz CT molecular complexity index is 987. The molecule has 0 atom stereocenters. The zero-order valence-corrected chi connectivity index (χ0v) is 19.5. The highest BCUT2D eigenvalue weighted by Crippen LogP contribution is 2.36. The van der Waals surface area contributed by atoms with Gasteiger partial charge in [0.15, 0.2) is 0 Å². The van der Waals surface area contributed by atoms with Crippen LogP contribution in [0.4, 0.5) is 11.5 Å². The molecule has 0 spiro atoms. The zero-order chi connectivity index (χ0) is 22.8. The monoisotopic (exact) mass is 448 g/mol. The summed E-state index contributed by atoms with van der Waals surface area (Å²) in [5.74, 6) is 2.70. The van der Waals surface area contributed by atoms with Gasteiger partial charge in [-0.2, -0.15) is 0 Å². The number of nitrogens with two attached hydrogens (primary N) is 1. The molecule has 2 aliphatic carbocycles. The smallest absolute Gasteiger partial charge is 0.225 e. The van der Waals surface area contributed by atoms with E-state index in [1.165, 1.54) is 25.7 Å². The topological polar surface area (TPSA) is 87.4 Å². The fourth-order valence-electron chi connectivity index (χ4n) is 5.79. The summed E-state index contributed by atoms with van der Waals surface area (Å²) in [5.41, 5.74) is 7.62. The molecule has 1 aliphatic heterocycles. The number of benzene rings is 1. The van der Waals surface area contributed by atoms with Crippen LogP contribution in [0.15, 0.2) is 37.2 Å². The third kappa shape index (κ3) is 4.83. The van der Waals surface area contributed by atoms with Crippen molar-refractivity contribution in [2.45, 2.75) is 44.6 Å². The van der Waals surface area contributed by atoms with Gasteiger partial charge in [0.1, 0.15) is 12.1 Å². The van der Waals surface area contributed by atoms with Gasteiger partial charge in [-0.3, -0.25) is 9.69 Å². The molecule has 1 amide bonds. The van der Waals surface area contributed by atoms with Gasteiger partial charge in [0.2, 0.25) is 5.91 Å². The summed E-state index contributed by atoms with van der Waals surface area (Å²) in [4.78, 5) is 26.2. The lowest BCUT2D eigenvalue weighted by Crippen LogP contribution is -2.54. The largest absolute Gasteiger partial charge is 0.399 e. The Hall–Kier alpha value is -2.67. The molecule has 3 aliphatic rings. The second-order valence-corrected chi connectivity index (χ2v) is 10.1. The molecule has 2 saturated carbocycles. The van der Waals surface area contributed by atoms with E-state index < -0.39 is 0 Å². The van der Waals surface area contributed by atoms with Gasteiger partial charge >= 0.3 is 0 Å². The van der Waals surface area contributed by atoms with E-state index >= 15 is 0 Å². The third-order valence-electron chi connectivity index (χ3n) is 8.03. The van der Waals surface area contributed by atoms with Crippen molar-refractivity contribution in [3.63, 3.8) is 0 Å². The Morgan fingerprint density at radius 1 is 1.12 bits per heavy atom. The number of piperazine rings is 1. The van der Waals surface area contributed by atoms with E-state index in [0.717, 1.165) is 68.0 Å². The highest BCUT2D eigenvalue weighted by molar-refractivity contribution is 5.91. The Balaban J connectivity index is 1.06. The van der Waals surface area contributed by atoms with Gasteiger partial charge in [0.05, 0.1) is 5.52 Å². The first-order valence-corrected chi connectivity index (χ1v) is 12.5. The molecule has 3 fully saturated rings. The van der Waals surface area contributed by atoms with Crippen molar-refractivity contribution in [2.24, 2.45) is 17.8 Å². The molecule has 7 heteroatoms. The Morgan fingerprint density at radius 3 is 2.61 bits per heavy atom. The fraction of sp³-hybridized carbons (Fsp3) is 0.577. The zero-order valence-electron chi connectivity index (χ0n) is 19.5. The van der Waals surface area contributed by atoms with Crippen LogP contribution in [0.2, 0.25) is 0 Å². The lowest BCUT2D eigenvalue weighted by atomic mass is 9.74. The number of carbonyl (C=O) groups excluding carboxylic acids is 1. The Labute approximate surface area is 196 Å². The van der Waals surface area contributed by atoms with E-state index in [9.17, 15) is 4.79 Å². The molecule has 2 aromatic rings. The molecule has 33 heavy (non-hydrogen) atoms. The number of carbonyl (C=O) groups is 1. The van der Waals surface area contributed by atoms with Crippen molar-refractivity contribution in [3.8, 4) is 0 Å². The number of aromatic nitrogens is 2. The van der Waals surface area contributed by atoms with Crippen molar-refractivity contribution in [1.29, 1.82) is 0 Å². The molecule has 1 saturated heterocycles. The lowest BCUT2D eigenvalue weighted by Gasteiger charge is -2.44. The van der Waals surface area contributed by atoms with Crippen LogP contribution in [0, 0.1) is 17.8 Å². The number of anilines is 2. The molecule has 3 N–H and O–H groups in total. The second-order valence-electron chi connectivity index (χ2n) is 10.1. The summed E-state index contributed by atoms with van der Waals surface area (Å²) in [6, 6.07) is 6.43. The molecule has 176 valence electrons. The van der Waals surface area contributed by atoms with Crippen LogP contribution in [0.3, 0.4) is 0 Å². The average molecular weight is 449 g/mol. The van der Waals surface area contributed by atoms with E-state index in [0.29, 0.717) is 23.8 Å². The van der Waals surface area contributed by atoms with Gasteiger partial charge in [-0.15, -0.1) is 6.58 Å². The summed E-state index contributed by atoms with van der Waals surface area (Å²) >= 11 is 0. The maximum Gasteiger partial charge on any atom is 0.225 e. The van der Waals surface area contributed by atoms with Gasteiger partial charge in [-0.05, 0) is 68.6 Å². The quantitative estimate of drug-likeness (QED) is 0.519. The van der Waals surface area contributed by atoms with E-state index in [-0.39, 0.29) is 5.92 Å². The molecule has 0 radical (unpaired) electrons. The Morgan fingerprint density at radius 2 is 1.88 bits per heavy atom. The van der Waals surface area contributed by atoms with Gasteiger partial charge in [0, 0.05) is 55.8 Å². The third-order valence-corrected chi connectivity index (χ3v) is 8.03. The van der Waals surface area contributed by atoms with Crippen LogP contribution in [0.5, 0.6) is 0 Å². The number of nitrogen functional groups attached to an aromatic ring is 1. The molecular formula is C26H36N6O. The number of fused-ring (bicyclic) bond motifs is 1. The number of amides is 1. The van der Waals surface area contributed by atoms with Crippen molar-refractivity contribution >= 4 is 28.3 Å². The first kappa shape index (κ1) is 22.1. The molecule has 5 rings (SSSR count). The molecular weight excluding hydrogens is 412 g/mol.